The molecule has 2 aliphatic heterocycles. The highest BCUT2D eigenvalue weighted by atomic mass is 16.6. The van der Waals surface area contributed by atoms with Gasteiger partial charge in [-0.1, -0.05) is 20.8 Å². The standard InChI is InChI=1S/C16H21N3O3/c1-10-13(22-6-5-21-10)14(20)19-8-11-7-17-15(16(2,3)4)18-12(11)9-19/h7H,5-6,8-9H2,1-4H3. The molecule has 118 valence electrons. The topological polar surface area (TPSA) is 64.6 Å². The first-order valence-electron chi connectivity index (χ1n) is 7.47. The Kier molecular flexibility index (Phi) is 3.54. The lowest BCUT2D eigenvalue weighted by Crippen LogP contribution is -2.31. The van der Waals surface area contributed by atoms with Gasteiger partial charge in [-0.3, -0.25) is 4.79 Å². The van der Waals surface area contributed by atoms with Gasteiger partial charge in [0.05, 0.1) is 12.2 Å². The van der Waals surface area contributed by atoms with Crippen LogP contribution in [0.15, 0.2) is 17.7 Å². The second-order valence-corrected chi connectivity index (χ2v) is 6.66. The van der Waals surface area contributed by atoms with Gasteiger partial charge in [-0.05, 0) is 6.92 Å². The van der Waals surface area contributed by atoms with E-state index in [0.29, 0.717) is 37.8 Å². The zero-order chi connectivity index (χ0) is 15.9. The van der Waals surface area contributed by atoms with E-state index >= 15 is 0 Å². The minimum Gasteiger partial charge on any atom is -0.491 e. The number of amides is 1. The van der Waals surface area contributed by atoms with Gasteiger partial charge in [0.25, 0.3) is 5.91 Å². The molecule has 1 aromatic heterocycles. The lowest BCUT2D eigenvalue weighted by atomic mass is 9.95. The summed E-state index contributed by atoms with van der Waals surface area (Å²) in [5.74, 6) is 1.51. The second-order valence-electron chi connectivity index (χ2n) is 6.66. The van der Waals surface area contributed by atoms with Crippen LogP contribution in [0.5, 0.6) is 0 Å². The maximum Gasteiger partial charge on any atom is 0.293 e. The summed E-state index contributed by atoms with van der Waals surface area (Å²) >= 11 is 0. The predicted molar refractivity (Wildman–Crippen MR) is 79.6 cm³/mol. The number of hydrogen-bond donors (Lipinski definition) is 0. The van der Waals surface area contributed by atoms with Crippen LogP contribution >= 0.6 is 0 Å². The Morgan fingerprint density at radius 3 is 2.64 bits per heavy atom. The maximum atomic E-state index is 12.6. The zero-order valence-corrected chi connectivity index (χ0v) is 13.5. The molecule has 3 heterocycles. The molecule has 0 spiro atoms. The van der Waals surface area contributed by atoms with Gasteiger partial charge in [0.1, 0.15) is 24.8 Å². The highest BCUT2D eigenvalue weighted by Gasteiger charge is 2.31. The van der Waals surface area contributed by atoms with Crippen LogP contribution in [-0.4, -0.2) is 34.0 Å². The molecule has 0 radical (unpaired) electrons. The SMILES string of the molecule is CC1=C(C(=O)N2Cc3cnc(C(C)(C)C)nc3C2)OCCO1. The van der Waals surface area contributed by atoms with Crippen LogP contribution in [0.1, 0.15) is 44.8 Å². The molecule has 0 saturated heterocycles. The molecule has 0 aliphatic carbocycles. The van der Waals surface area contributed by atoms with Gasteiger partial charge in [-0.2, -0.15) is 0 Å². The third-order valence-corrected chi connectivity index (χ3v) is 3.78. The van der Waals surface area contributed by atoms with Crippen molar-refractivity contribution >= 4 is 5.91 Å². The molecule has 2 aliphatic rings. The van der Waals surface area contributed by atoms with Gasteiger partial charge < -0.3 is 14.4 Å². The van der Waals surface area contributed by atoms with Crippen LogP contribution in [0, 0.1) is 0 Å². The minimum absolute atomic E-state index is 0.105. The molecule has 22 heavy (non-hydrogen) atoms. The summed E-state index contributed by atoms with van der Waals surface area (Å²) in [6.45, 7) is 9.89. The van der Waals surface area contributed by atoms with Crippen molar-refractivity contribution in [3.05, 3.63) is 34.8 Å². The fourth-order valence-corrected chi connectivity index (χ4v) is 2.52. The van der Waals surface area contributed by atoms with Gasteiger partial charge in [-0.15, -0.1) is 0 Å². The normalized spacial score (nSPS) is 17.9. The Morgan fingerprint density at radius 2 is 1.95 bits per heavy atom. The van der Waals surface area contributed by atoms with Crippen LogP contribution in [0.25, 0.3) is 0 Å². The van der Waals surface area contributed by atoms with Gasteiger partial charge in [0.15, 0.2) is 0 Å². The number of rotatable bonds is 1. The summed E-state index contributed by atoms with van der Waals surface area (Å²) < 4.78 is 10.9. The molecule has 1 aromatic rings. The lowest BCUT2D eigenvalue weighted by molar-refractivity contribution is -0.133. The fraction of sp³-hybridized carbons (Fsp3) is 0.562. The van der Waals surface area contributed by atoms with Gasteiger partial charge in [0, 0.05) is 23.7 Å². The molecule has 0 N–H and O–H groups in total. The fourth-order valence-electron chi connectivity index (χ4n) is 2.52. The van der Waals surface area contributed by atoms with Crippen molar-refractivity contribution in [1.29, 1.82) is 0 Å². The highest BCUT2D eigenvalue weighted by molar-refractivity contribution is 5.92. The number of aromatic nitrogens is 2. The van der Waals surface area contributed by atoms with Gasteiger partial charge in [0.2, 0.25) is 5.76 Å². The van der Waals surface area contributed by atoms with Crippen LogP contribution < -0.4 is 0 Å². The van der Waals surface area contributed by atoms with E-state index in [1.54, 1.807) is 11.8 Å². The van der Waals surface area contributed by atoms with Crippen molar-refractivity contribution in [2.24, 2.45) is 0 Å². The van der Waals surface area contributed by atoms with Crippen molar-refractivity contribution in [3.8, 4) is 0 Å². The first kappa shape index (κ1) is 14.8. The van der Waals surface area contributed by atoms with Crippen LogP contribution in [0.3, 0.4) is 0 Å². The van der Waals surface area contributed by atoms with E-state index in [9.17, 15) is 4.79 Å². The lowest BCUT2D eigenvalue weighted by Gasteiger charge is -2.23. The summed E-state index contributed by atoms with van der Waals surface area (Å²) in [4.78, 5) is 23.4. The van der Waals surface area contributed by atoms with E-state index in [4.69, 9.17) is 9.47 Å². The molecule has 0 unspecified atom stereocenters. The van der Waals surface area contributed by atoms with E-state index in [2.05, 4.69) is 30.7 Å². The average Bonchev–Trinajstić information content (AvgIpc) is 2.89. The number of hydrogen-bond acceptors (Lipinski definition) is 5. The molecule has 0 bridgehead atoms. The molecule has 0 fully saturated rings. The van der Waals surface area contributed by atoms with Crippen molar-refractivity contribution < 1.29 is 14.3 Å². The van der Waals surface area contributed by atoms with E-state index in [1.165, 1.54) is 0 Å². The quantitative estimate of drug-likeness (QED) is 0.793. The summed E-state index contributed by atoms with van der Waals surface area (Å²) in [6.07, 6.45) is 1.83. The Balaban J connectivity index is 1.81. The first-order valence-corrected chi connectivity index (χ1v) is 7.47. The molecule has 3 rings (SSSR count). The van der Waals surface area contributed by atoms with Gasteiger partial charge >= 0.3 is 0 Å². The number of nitrogens with zero attached hydrogens (tertiary/aromatic N) is 3. The molecule has 6 heteroatoms. The molecule has 6 nitrogen and oxygen atoms in total. The number of carbonyl (C=O) groups excluding carboxylic acids is 1. The monoisotopic (exact) mass is 303 g/mol. The molecule has 1 amide bonds. The summed E-state index contributed by atoms with van der Waals surface area (Å²) in [7, 11) is 0. The van der Waals surface area contributed by atoms with Crippen molar-refractivity contribution in [2.75, 3.05) is 13.2 Å². The number of fused-ring (bicyclic) bond motifs is 1. The van der Waals surface area contributed by atoms with E-state index in [1.807, 2.05) is 6.20 Å². The molecular formula is C16H21N3O3. The number of carbonyl (C=O) groups is 1. The van der Waals surface area contributed by atoms with Crippen LogP contribution in [0.4, 0.5) is 0 Å². The van der Waals surface area contributed by atoms with E-state index in [0.717, 1.165) is 17.1 Å². The van der Waals surface area contributed by atoms with Crippen molar-refractivity contribution in [1.82, 2.24) is 14.9 Å². The van der Waals surface area contributed by atoms with Crippen molar-refractivity contribution in [3.63, 3.8) is 0 Å². The first-order chi connectivity index (χ1) is 10.4. The number of allylic oxidation sites excluding steroid dienone is 1. The Morgan fingerprint density at radius 1 is 1.23 bits per heavy atom. The average molecular weight is 303 g/mol. The summed E-state index contributed by atoms with van der Waals surface area (Å²) in [6, 6.07) is 0. The van der Waals surface area contributed by atoms with Crippen LogP contribution in [-0.2, 0) is 32.8 Å². The third-order valence-electron chi connectivity index (χ3n) is 3.78. The zero-order valence-electron chi connectivity index (χ0n) is 13.5. The minimum atomic E-state index is -0.146. The third kappa shape index (κ3) is 2.65. The Labute approximate surface area is 130 Å². The van der Waals surface area contributed by atoms with Gasteiger partial charge in [-0.25, -0.2) is 9.97 Å². The second kappa shape index (κ2) is 5.26. The number of ether oxygens (including phenoxy) is 2. The van der Waals surface area contributed by atoms with Crippen molar-refractivity contribution in [2.45, 2.75) is 46.2 Å². The summed E-state index contributed by atoms with van der Waals surface area (Å²) in [5, 5.41) is 0. The molecule has 0 aromatic carbocycles. The van der Waals surface area contributed by atoms with E-state index < -0.39 is 0 Å². The highest BCUT2D eigenvalue weighted by Crippen LogP contribution is 2.26. The Hall–Kier alpha value is -2.11. The smallest absolute Gasteiger partial charge is 0.293 e. The summed E-state index contributed by atoms with van der Waals surface area (Å²) in [5.41, 5.74) is 1.81. The molecule has 0 saturated carbocycles. The Bertz CT molecular complexity index is 647. The molecule has 0 atom stereocenters. The van der Waals surface area contributed by atoms with E-state index in [-0.39, 0.29) is 11.3 Å². The maximum absolute atomic E-state index is 12.6. The predicted octanol–water partition coefficient (Wildman–Crippen LogP) is 1.89. The largest absolute Gasteiger partial charge is 0.491 e. The van der Waals surface area contributed by atoms with Crippen LogP contribution in [0.2, 0.25) is 0 Å². The molecular weight excluding hydrogens is 282 g/mol.